The minimum absolute atomic E-state index is 0.166. The van der Waals surface area contributed by atoms with E-state index < -0.39 is 17.6 Å². The third kappa shape index (κ3) is 4.60. The van der Waals surface area contributed by atoms with Crippen LogP contribution in [-0.4, -0.2) is 25.5 Å². The molecule has 0 radical (unpaired) electrons. The van der Waals surface area contributed by atoms with Crippen LogP contribution in [0, 0.1) is 5.82 Å². The van der Waals surface area contributed by atoms with E-state index in [9.17, 15) is 14.0 Å². The minimum atomic E-state index is -0.805. The molecule has 0 spiro atoms. The second-order valence-corrected chi connectivity index (χ2v) is 5.27. The Labute approximate surface area is 148 Å². The topological polar surface area (TPSA) is 76.7 Å². The lowest BCUT2D eigenvalue weighted by Crippen LogP contribution is -2.41. The number of hydrazine groups is 1. The van der Waals surface area contributed by atoms with Crippen LogP contribution >= 0.6 is 11.6 Å². The number of benzene rings is 2. The van der Waals surface area contributed by atoms with Gasteiger partial charge in [-0.05, 0) is 43.3 Å². The van der Waals surface area contributed by atoms with Gasteiger partial charge in [-0.1, -0.05) is 11.6 Å². The molecule has 0 aliphatic rings. The summed E-state index contributed by atoms with van der Waals surface area (Å²) in [6, 6.07) is 8.17. The number of carbonyl (C=O) groups excluding carboxylic acids is 2. The van der Waals surface area contributed by atoms with Crippen LogP contribution in [-0.2, 0) is 0 Å². The van der Waals surface area contributed by atoms with Gasteiger partial charge in [-0.15, -0.1) is 0 Å². The smallest absolute Gasteiger partial charge is 0.272 e. The van der Waals surface area contributed by atoms with E-state index in [2.05, 4.69) is 10.9 Å². The van der Waals surface area contributed by atoms with Crippen LogP contribution in [0.15, 0.2) is 36.4 Å². The minimum Gasteiger partial charge on any atom is -0.493 e. The second kappa shape index (κ2) is 8.34. The SMILES string of the molecule is CCOc1ccc(C(=O)NNC(=O)c2ccc(Cl)cc2F)cc1OC. The zero-order valence-electron chi connectivity index (χ0n) is 13.6. The van der Waals surface area contributed by atoms with Crippen molar-refractivity contribution >= 4 is 23.4 Å². The summed E-state index contributed by atoms with van der Waals surface area (Å²) < 4.78 is 24.2. The molecule has 132 valence electrons. The van der Waals surface area contributed by atoms with Crippen molar-refractivity contribution in [1.29, 1.82) is 0 Å². The van der Waals surface area contributed by atoms with Gasteiger partial charge in [0.05, 0.1) is 19.3 Å². The molecule has 2 amide bonds. The third-order valence-corrected chi connectivity index (χ3v) is 3.43. The first-order chi connectivity index (χ1) is 12.0. The molecule has 0 atom stereocenters. The first-order valence-electron chi connectivity index (χ1n) is 7.32. The number of nitrogens with one attached hydrogen (secondary N) is 2. The molecule has 8 heteroatoms. The first kappa shape index (κ1) is 18.5. The molecular formula is C17H16ClFN2O4. The van der Waals surface area contributed by atoms with Crippen LogP contribution in [0.4, 0.5) is 4.39 Å². The van der Waals surface area contributed by atoms with Gasteiger partial charge in [-0.2, -0.15) is 0 Å². The van der Waals surface area contributed by atoms with E-state index in [1.165, 1.54) is 31.4 Å². The number of halogens is 2. The molecule has 2 aromatic carbocycles. The van der Waals surface area contributed by atoms with E-state index in [-0.39, 0.29) is 16.1 Å². The first-order valence-corrected chi connectivity index (χ1v) is 7.70. The highest BCUT2D eigenvalue weighted by molar-refractivity contribution is 6.30. The van der Waals surface area contributed by atoms with Crippen molar-refractivity contribution in [2.24, 2.45) is 0 Å². The van der Waals surface area contributed by atoms with E-state index in [1.807, 2.05) is 6.92 Å². The maximum atomic E-state index is 13.7. The average Bonchev–Trinajstić information content (AvgIpc) is 2.60. The van der Waals surface area contributed by atoms with E-state index in [0.717, 1.165) is 6.07 Å². The Morgan fingerprint density at radius 1 is 1.08 bits per heavy atom. The highest BCUT2D eigenvalue weighted by Gasteiger charge is 2.15. The summed E-state index contributed by atoms with van der Waals surface area (Å²) in [5, 5.41) is 0.166. The van der Waals surface area contributed by atoms with Gasteiger partial charge in [0.25, 0.3) is 11.8 Å². The van der Waals surface area contributed by atoms with Crippen molar-refractivity contribution in [3.05, 3.63) is 58.4 Å². The predicted molar refractivity (Wildman–Crippen MR) is 90.5 cm³/mol. The maximum absolute atomic E-state index is 13.7. The molecule has 0 saturated carbocycles. The van der Waals surface area contributed by atoms with Crippen molar-refractivity contribution in [2.45, 2.75) is 6.92 Å². The summed E-state index contributed by atoms with van der Waals surface area (Å²) in [7, 11) is 1.45. The fraction of sp³-hybridized carbons (Fsp3) is 0.176. The molecule has 0 aromatic heterocycles. The van der Waals surface area contributed by atoms with Crippen molar-refractivity contribution in [1.82, 2.24) is 10.9 Å². The zero-order chi connectivity index (χ0) is 18.4. The molecule has 2 aromatic rings. The number of amides is 2. The lowest BCUT2D eigenvalue weighted by Gasteiger charge is -2.12. The van der Waals surface area contributed by atoms with Crippen molar-refractivity contribution < 1.29 is 23.5 Å². The molecule has 2 N–H and O–H groups in total. The fourth-order valence-electron chi connectivity index (χ4n) is 2.01. The molecule has 0 fully saturated rings. The van der Waals surface area contributed by atoms with Gasteiger partial charge in [0.15, 0.2) is 11.5 Å². The Kier molecular flexibility index (Phi) is 6.19. The van der Waals surface area contributed by atoms with E-state index >= 15 is 0 Å². The Balaban J connectivity index is 2.05. The Morgan fingerprint density at radius 2 is 1.80 bits per heavy atom. The molecule has 25 heavy (non-hydrogen) atoms. The Hall–Kier alpha value is -2.80. The van der Waals surface area contributed by atoms with Crippen LogP contribution in [0.5, 0.6) is 11.5 Å². The lowest BCUT2D eigenvalue weighted by molar-refractivity contribution is 0.0844. The quantitative estimate of drug-likeness (QED) is 0.798. The number of carbonyl (C=O) groups is 2. The van der Waals surface area contributed by atoms with Crippen LogP contribution in [0.3, 0.4) is 0 Å². The largest absolute Gasteiger partial charge is 0.493 e. The van der Waals surface area contributed by atoms with Gasteiger partial charge in [0.1, 0.15) is 5.82 Å². The monoisotopic (exact) mass is 366 g/mol. The molecule has 2 rings (SSSR count). The van der Waals surface area contributed by atoms with Gasteiger partial charge in [-0.25, -0.2) is 4.39 Å². The number of ether oxygens (including phenoxy) is 2. The van der Waals surface area contributed by atoms with Crippen molar-refractivity contribution in [3.8, 4) is 11.5 Å². The zero-order valence-corrected chi connectivity index (χ0v) is 14.3. The standard InChI is InChI=1S/C17H16ClFN2O4/c1-3-25-14-7-4-10(8-15(14)24-2)16(22)20-21-17(23)12-6-5-11(18)9-13(12)19/h4-9H,3H2,1-2H3,(H,20,22)(H,21,23). The van der Waals surface area contributed by atoms with Gasteiger partial charge >= 0.3 is 0 Å². The van der Waals surface area contributed by atoms with E-state index in [1.54, 1.807) is 6.07 Å². The molecule has 6 nitrogen and oxygen atoms in total. The maximum Gasteiger partial charge on any atom is 0.272 e. The van der Waals surface area contributed by atoms with Gasteiger partial charge in [0.2, 0.25) is 0 Å². The molecule has 0 heterocycles. The lowest BCUT2D eigenvalue weighted by atomic mass is 10.2. The molecule has 0 bridgehead atoms. The summed E-state index contributed by atoms with van der Waals surface area (Å²) in [6.07, 6.45) is 0. The Morgan fingerprint density at radius 3 is 2.44 bits per heavy atom. The molecule has 0 aliphatic carbocycles. The van der Waals surface area contributed by atoms with Crippen LogP contribution in [0.25, 0.3) is 0 Å². The van der Waals surface area contributed by atoms with Gasteiger partial charge in [-0.3, -0.25) is 20.4 Å². The summed E-state index contributed by atoms with van der Waals surface area (Å²) in [5.74, 6) is -1.31. The Bertz CT molecular complexity index is 798. The third-order valence-electron chi connectivity index (χ3n) is 3.19. The summed E-state index contributed by atoms with van der Waals surface area (Å²) >= 11 is 5.63. The normalized spacial score (nSPS) is 10.1. The summed E-state index contributed by atoms with van der Waals surface area (Å²) in [5.41, 5.74) is 4.34. The number of rotatable bonds is 5. The fourth-order valence-corrected chi connectivity index (χ4v) is 2.17. The number of hydrogen-bond acceptors (Lipinski definition) is 4. The van der Waals surface area contributed by atoms with Crippen LogP contribution < -0.4 is 20.3 Å². The highest BCUT2D eigenvalue weighted by Crippen LogP contribution is 2.27. The molecule has 0 unspecified atom stereocenters. The van der Waals surface area contributed by atoms with Gasteiger partial charge in [0, 0.05) is 10.6 Å². The number of methoxy groups -OCH3 is 1. The van der Waals surface area contributed by atoms with E-state index in [4.69, 9.17) is 21.1 Å². The summed E-state index contributed by atoms with van der Waals surface area (Å²) in [4.78, 5) is 24.0. The van der Waals surface area contributed by atoms with Crippen molar-refractivity contribution in [2.75, 3.05) is 13.7 Å². The van der Waals surface area contributed by atoms with E-state index in [0.29, 0.717) is 18.1 Å². The van der Waals surface area contributed by atoms with Crippen LogP contribution in [0.1, 0.15) is 27.6 Å². The van der Waals surface area contributed by atoms with Crippen molar-refractivity contribution in [3.63, 3.8) is 0 Å². The summed E-state index contributed by atoms with van der Waals surface area (Å²) in [6.45, 7) is 2.27. The molecule has 0 saturated heterocycles. The predicted octanol–water partition coefficient (Wildman–Crippen LogP) is 2.96. The molecule has 0 aliphatic heterocycles. The molecular weight excluding hydrogens is 351 g/mol. The van der Waals surface area contributed by atoms with Gasteiger partial charge < -0.3 is 9.47 Å². The van der Waals surface area contributed by atoms with Crippen LogP contribution in [0.2, 0.25) is 5.02 Å². The average molecular weight is 367 g/mol. The second-order valence-electron chi connectivity index (χ2n) is 4.83. The number of hydrogen-bond donors (Lipinski definition) is 2. The highest BCUT2D eigenvalue weighted by atomic mass is 35.5.